The van der Waals surface area contributed by atoms with Gasteiger partial charge in [-0.1, -0.05) is 18.2 Å². The summed E-state index contributed by atoms with van der Waals surface area (Å²) in [6.45, 7) is 1.59. The van der Waals surface area contributed by atoms with Crippen molar-refractivity contribution in [1.82, 2.24) is 14.6 Å². The lowest BCUT2D eigenvalue weighted by molar-refractivity contribution is -0.138. The highest BCUT2D eigenvalue weighted by Crippen LogP contribution is 2.47. The molecule has 0 bridgehead atoms. The number of rotatable bonds is 9. The molecule has 12 nitrogen and oxygen atoms in total. The Hall–Kier alpha value is -2.83. The quantitative estimate of drug-likeness (QED) is 0.373. The number of aromatic nitrogens is 2. The molecule has 1 unspecified atom stereocenters. The summed E-state index contributed by atoms with van der Waals surface area (Å²) in [7, 11) is -4.32. The lowest BCUT2D eigenvalue weighted by Gasteiger charge is -2.25. The first-order valence-corrected chi connectivity index (χ1v) is 11.3. The van der Waals surface area contributed by atoms with Crippen LogP contribution in [0.25, 0.3) is 0 Å². The van der Waals surface area contributed by atoms with E-state index >= 15 is 4.39 Å². The Bertz CT molecular complexity index is 1100. The Labute approximate surface area is 187 Å². The minimum atomic E-state index is -4.32. The zero-order valence-electron chi connectivity index (χ0n) is 17.7. The van der Waals surface area contributed by atoms with Crippen LogP contribution in [0.2, 0.25) is 0 Å². The third kappa shape index (κ3) is 5.57. The van der Waals surface area contributed by atoms with Gasteiger partial charge in [0.2, 0.25) is 0 Å². The van der Waals surface area contributed by atoms with Crippen LogP contribution in [0.5, 0.6) is 5.75 Å². The molecule has 2 heterocycles. The summed E-state index contributed by atoms with van der Waals surface area (Å²) in [6, 6.07) is 7.76. The van der Waals surface area contributed by atoms with Gasteiger partial charge in [-0.3, -0.25) is 13.9 Å². The molecule has 0 spiro atoms. The second kappa shape index (κ2) is 9.57. The van der Waals surface area contributed by atoms with Gasteiger partial charge < -0.3 is 25.2 Å². The highest BCUT2D eigenvalue weighted by Gasteiger charge is 2.56. The highest BCUT2D eigenvalue weighted by molar-refractivity contribution is 7.52. The average Bonchev–Trinajstić information content (AvgIpc) is 2.96. The number of alkyl halides is 1. The molecule has 33 heavy (non-hydrogen) atoms. The van der Waals surface area contributed by atoms with Crippen molar-refractivity contribution >= 4 is 19.5 Å². The maximum absolute atomic E-state index is 15.3. The van der Waals surface area contributed by atoms with Crippen LogP contribution < -0.4 is 21.0 Å². The number of nitrogens with one attached hydrogen (secondary N) is 1. The number of para-hydroxylation sites is 1. The zero-order chi connectivity index (χ0) is 24.4. The molecular formula is C19H24FN4O8P. The molecule has 1 aromatic carbocycles. The molecular weight excluding hydrogens is 462 g/mol. The van der Waals surface area contributed by atoms with E-state index in [-0.39, 0.29) is 11.6 Å². The van der Waals surface area contributed by atoms with Crippen LogP contribution in [-0.4, -0.2) is 56.3 Å². The average molecular weight is 486 g/mol. The first-order valence-electron chi connectivity index (χ1n) is 9.80. The number of hydrogen-bond acceptors (Lipinski definition) is 9. The van der Waals surface area contributed by atoms with E-state index in [1.807, 2.05) is 0 Å². The van der Waals surface area contributed by atoms with Gasteiger partial charge in [0.05, 0.1) is 6.61 Å². The number of carbonyl (C=O) groups is 1. The number of hydrogen-bond donors (Lipinski definition) is 4. The van der Waals surface area contributed by atoms with E-state index in [1.165, 1.54) is 31.3 Å². The van der Waals surface area contributed by atoms with Crippen LogP contribution in [-0.2, 0) is 18.6 Å². The highest BCUT2D eigenvalue weighted by atomic mass is 31.2. The predicted octanol–water partition coefficient (Wildman–Crippen LogP) is 1.08. The third-order valence-electron chi connectivity index (χ3n) is 4.92. The monoisotopic (exact) mass is 486 g/mol. The lowest BCUT2D eigenvalue weighted by atomic mass is 9.98. The molecule has 5 N–H and O–H groups in total. The minimum absolute atomic E-state index is 0.0761. The second-order valence-corrected chi connectivity index (χ2v) is 9.25. The van der Waals surface area contributed by atoms with Crippen LogP contribution >= 0.6 is 7.75 Å². The van der Waals surface area contributed by atoms with Crippen molar-refractivity contribution in [3.8, 4) is 5.75 Å². The maximum Gasteiger partial charge on any atom is 0.459 e. The molecule has 14 heteroatoms. The largest absolute Gasteiger partial charge is 0.480 e. The summed E-state index contributed by atoms with van der Waals surface area (Å²) in [5.74, 6) is -1.28. The lowest BCUT2D eigenvalue weighted by Crippen LogP contribution is -2.43. The van der Waals surface area contributed by atoms with E-state index in [0.717, 1.165) is 11.5 Å². The molecule has 2 aromatic rings. The van der Waals surface area contributed by atoms with E-state index in [1.54, 1.807) is 18.2 Å². The molecule has 180 valence electrons. The fraction of sp³-hybridized carbons (Fsp3) is 0.421. The standard InChI is InChI=1S/C19H24FN4O8P/c1-11(16(26)27)23-33(29,32-12-6-4-3-5-7-12)30-10-13-15(25)19(2,20)17(31-13)24-9-8-14(21)22-18(24)28/h3-9,11,13,15,17,25H,10H2,1-2H3,(H,23,29)(H,26,27)(H2,21,22,28)/t11?,13-,15-,17-,19-,33-/m1/s1. The molecule has 3 rings (SSSR count). The van der Waals surface area contributed by atoms with Crippen LogP contribution in [0.3, 0.4) is 0 Å². The fourth-order valence-corrected chi connectivity index (χ4v) is 4.64. The molecule has 6 atom stereocenters. The van der Waals surface area contributed by atoms with Gasteiger partial charge in [0.1, 0.15) is 29.8 Å². The Morgan fingerprint density at radius 2 is 2.09 bits per heavy atom. The third-order valence-corrected chi connectivity index (χ3v) is 6.56. The Morgan fingerprint density at radius 3 is 2.70 bits per heavy atom. The minimum Gasteiger partial charge on any atom is -0.480 e. The summed E-state index contributed by atoms with van der Waals surface area (Å²) in [5.41, 5.74) is 2.09. The fourth-order valence-electron chi connectivity index (χ4n) is 3.13. The Kier molecular flexibility index (Phi) is 7.20. The van der Waals surface area contributed by atoms with Gasteiger partial charge in [-0.15, -0.1) is 0 Å². The summed E-state index contributed by atoms with van der Waals surface area (Å²) in [5, 5.41) is 21.9. The molecule has 0 radical (unpaired) electrons. The number of aliphatic hydroxyl groups excluding tert-OH is 1. The number of nitrogen functional groups attached to an aromatic ring is 1. The van der Waals surface area contributed by atoms with Crippen LogP contribution in [0.1, 0.15) is 20.1 Å². The van der Waals surface area contributed by atoms with Crippen molar-refractivity contribution in [3.63, 3.8) is 0 Å². The van der Waals surface area contributed by atoms with E-state index < -0.39 is 56.2 Å². The molecule has 0 amide bonds. The smallest absolute Gasteiger partial charge is 0.459 e. The number of aliphatic hydroxyl groups is 1. The van der Waals surface area contributed by atoms with Crippen molar-refractivity contribution in [2.75, 3.05) is 12.3 Å². The van der Waals surface area contributed by atoms with Gasteiger partial charge in [-0.2, -0.15) is 10.1 Å². The summed E-state index contributed by atoms with van der Waals surface area (Å²) in [6.07, 6.45) is -3.59. The number of benzene rings is 1. The van der Waals surface area contributed by atoms with Crippen molar-refractivity contribution < 1.29 is 37.7 Å². The van der Waals surface area contributed by atoms with Crippen molar-refractivity contribution in [1.29, 1.82) is 0 Å². The summed E-state index contributed by atoms with van der Waals surface area (Å²) >= 11 is 0. The van der Waals surface area contributed by atoms with Gasteiger partial charge in [0.15, 0.2) is 11.9 Å². The van der Waals surface area contributed by atoms with Crippen molar-refractivity contribution in [2.24, 2.45) is 0 Å². The SMILES string of the molecule is CC(N[P@@](=O)(OC[C@H]1O[C@@H](n2ccc(N)nc2=O)[C@](C)(F)[C@@H]1O)Oc1ccccc1)C(=O)O. The van der Waals surface area contributed by atoms with Crippen molar-refractivity contribution in [3.05, 3.63) is 53.1 Å². The Morgan fingerprint density at radius 1 is 1.42 bits per heavy atom. The van der Waals surface area contributed by atoms with Crippen LogP contribution in [0, 0.1) is 0 Å². The van der Waals surface area contributed by atoms with Crippen molar-refractivity contribution in [2.45, 2.75) is 44.0 Å². The van der Waals surface area contributed by atoms with Gasteiger partial charge >= 0.3 is 19.4 Å². The number of aliphatic carboxylic acids is 1. The van der Waals surface area contributed by atoms with Crippen LogP contribution in [0.15, 0.2) is 47.4 Å². The van der Waals surface area contributed by atoms with E-state index in [0.29, 0.717) is 0 Å². The molecule has 0 aliphatic carbocycles. The summed E-state index contributed by atoms with van der Waals surface area (Å²) in [4.78, 5) is 26.9. The van der Waals surface area contributed by atoms with Gasteiger partial charge in [-0.05, 0) is 32.0 Å². The normalized spacial score (nSPS) is 27.6. The molecule has 0 saturated carbocycles. The number of carboxylic acids is 1. The first-order chi connectivity index (χ1) is 15.4. The number of carboxylic acid groups (broad SMARTS) is 1. The zero-order valence-corrected chi connectivity index (χ0v) is 18.6. The molecule has 1 aromatic heterocycles. The topological polar surface area (TPSA) is 175 Å². The molecule has 1 aliphatic heterocycles. The van der Waals surface area contributed by atoms with Gasteiger partial charge in [0, 0.05) is 6.20 Å². The molecule has 1 aliphatic rings. The maximum atomic E-state index is 15.3. The van der Waals surface area contributed by atoms with Gasteiger partial charge in [-0.25, -0.2) is 13.8 Å². The Balaban J connectivity index is 1.80. The second-order valence-electron chi connectivity index (χ2n) is 7.55. The van der Waals surface area contributed by atoms with E-state index in [2.05, 4.69) is 10.1 Å². The summed E-state index contributed by atoms with van der Waals surface area (Å²) < 4.78 is 45.6. The number of nitrogens with zero attached hydrogens (tertiary/aromatic N) is 2. The van der Waals surface area contributed by atoms with E-state index in [9.17, 15) is 19.3 Å². The number of nitrogens with two attached hydrogens (primary N) is 1. The number of ether oxygens (including phenoxy) is 1. The van der Waals surface area contributed by atoms with Crippen LogP contribution in [0.4, 0.5) is 10.2 Å². The molecule has 1 saturated heterocycles. The number of anilines is 1. The molecule has 1 fully saturated rings. The number of halogens is 1. The van der Waals surface area contributed by atoms with E-state index in [4.69, 9.17) is 24.6 Å². The predicted molar refractivity (Wildman–Crippen MR) is 113 cm³/mol. The van der Waals surface area contributed by atoms with Gasteiger partial charge in [0.25, 0.3) is 0 Å². The first kappa shape index (κ1) is 24.8.